The molecule has 0 N–H and O–H groups in total. The van der Waals surface area contributed by atoms with Gasteiger partial charge in [-0.25, -0.2) is 4.79 Å². The lowest BCUT2D eigenvalue weighted by Gasteiger charge is -2.38. The maximum atomic E-state index is 13.5. The molecule has 3 aromatic rings. The largest absolute Gasteiger partial charge is 0.460 e. The highest BCUT2D eigenvalue weighted by Crippen LogP contribution is 2.25. The molecule has 4 rings (SSSR count). The molecule has 196 valence electrons. The first-order valence-electron chi connectivity index (χ1n) is 12.5. The number of cyclic esters (lactones) is 1. The summed E-state index contributed by atoms with van der Waals surface area (Å²) in [5.74, 6) is -0.607. The predicted molar refractivity (Wildman–Crippen MR) is 141 cm³/mol. The van der Waals surface area contributed by atoms with Crippen LogP contribution in [0.2, 0.25) is 0 Å². The smallest absolute Gasteiger partial charge is 0.410 e. The van der Waals surface area contributed by atoms with E-state index in [0.29, 0.717) is 19.4 Å². The number of benzene rings is 3. The van der Waals surface area contributed by atoms with Crippen molar-refractivity contribution in [3.63, 3.8) is 0 Å². The van der Waals surface area contributed by atoms with E-state index in [2.05, 4.69) is 10.0 Å². The second-order valence-corrected chi connectivity index (χ2v) is 9.00. The van der Waals surface area contributed by atoms with Crippen LogP contribution in [0, 0.1) is 0 Å². The van der Waals surface area contributed by atoms with Crippen molar-refractivity contribution in [1.82, 2.24) is 4.90 Å². The zero-order chi connectivity index (χ0) is 26.6. The van der Waals surface area contributed by atoms with Gasteiger partial charge in [0.25, 0.3) is 0 Å². The molecule has 1 heterocycles. The van der Waals surface area contributed by atoms with Gasteiger partial charge in [0.1, 0.15) is 18.8 Å². The Balaban J connectivity index is 1.56. The number of esters is 1. The van der Waals surface area contributed by atoms with E-state index in [1.54, 1.807) is 4.90 Å². The highest BCUT2D eigenvalue weighted by Gasteiger charge is 2.39. The number of nitrogens with zero attached hydrogens (tertiary/aromatic N) is 4. The van der Waals surface area contributed by atoms with Crippen LogP contribution in [0.3, 0.4) is 0 Å². The Morgan fingerprint density at radius 2 is 1.50 bits per heavy atom. The molecule has 1 aliphatic rings. The maximum Gasteiger partial charge on any atom is 0.410 e. The van der Waals surface area contributed by atoms with Crippen LogP contribution in [0.4, 0.5) is 4.79 Å². The fourth-order valence-electron chi connectivity index (χ4n) is 4.33. The van der Waals surface area contributed by atoms with Crippen molar-refractivity contribution < 1.29 is 23.8 Å². The summed E-state index contributed by atoms with van der Waals surface area (Å²) in [6.45, 7) is 0.789. The summed E-state index contributed by atoms with van der Waals surface area (Å²) in [4.78, 5) is 30.4. The van der Waals surface area contributed by atoms with Crippen LogP contribution in [0.5, 0.6) is 0 Å². The van der Waals surface area contributed by atoms with E-state index >= 15 is 0 Å². The second-order valence-electron chi connectivity index (χ2n) is 9.00. The standard InChI is InChI=1S/C29H30N4O5/c30-32-31-25-16-17-27(38-28(25)34)26(21-36-19-23-12-6-2-7-13-23)33(18-22-10-4-1-5-11-22)29(35)37-20-24-14-8-3-9-15-24/h1-15,25-27H,16-21H2/t25?,26-,27?/m1/s1. The first-order chi connectivity index (χ1) is 18.6. The molecular formula is C29H30N4O5. The highest BCUT2D eigenvalue weighted by molar-refractivity contribution is 5.77. The van der Waals surface area contributed by atoms with Gasteiger partial charge < -0.3 is 14.2 Å². The third kappa shape index (κ3) is 7.59. The summed E-state index contributed by atoms with van der Waals surface area (Å²) in [5, 5.41) is 3.54. The number of hydrogen-bond donors (Lipinski definition) is 0. The van der Waals surface area contributed by atoms with Gasteiger partial charge in [0, 0.05) is 11.5 Å². The summed E-state index contributed by atoms with van der Waals surface area (Å²) < 4.78 is 17.5. The minimum atomic E-state index is -0.880. The lowest BCUT2D eigenvalue weighted by molar-refractivity contribution is -0.162. The highest BCUT2D eigenvalue weighted by atomic mass is 16.6. The van der Waals surface area contributed by atoms with Gasteiger partial charge in [-0.2, -0.15) is 0 Å². The third-order valence-corrected chi connectivity index (χ3v) is 6.32. The summed E-state index contributed by atoms with van der Waals surface area (Å²) in [5.41, 5.74) is 11.5. The predicted octanol–water partition coefficient (Wildman–Crippen LogP) is 5.80. The maximum absolute atomic E-state index is 13.5. The summed E-state index contributed by atoms with van der Waals surface area (Å²) in [6.07, 6.45) is -0.469. The van der Waals surface area contributed by atoms with Crippen LogP contribution in [0.25, 0.3) is 10.4 Å². The lowest BCUT2D eigenvalue weighted by atomic mass is 9.98. The van der Waals surface area contributed by atoms with Gasteiger partial charge in [-0.15, -0.1) is 0 Å². The Morgan fingerprint density at radius 3 is 2.08 bits per heavy atom. The van der Waals surface area contributed by atoms with Gasteiger partial charge in [-0.3, -0.25) is 9.69 Å². The zero-order valence-corrected chi connectivity index (χ0v) is 21.0. The van der Waals surface area contributed by atoms with E-state index < -0.39 is 30.3 Å². The molecule has 1 aliphatic heterocycles. The summed E-state index contributed by atoms with van der Waals surface area (Å²) in [7, 11) is 0. The Hall–Kier alpha value is -4.33. The van der Waals surface area contributed by atoms with Gasteiger partial charge in [0.15, 0.2) is 0 Å². The summed E-state index contributed by atoms with van der Waals surface area (Å²) in [6, 6.07) is 27.2. The van der Waals surface area contributed by atoms with Gasteiger partial charge in [0.05, 0.1) is 19.3 Å². The molecule has 1 amide bonds. The van der Waals surface area contributed by atoms with Gasteiger partial charge >= 0.3 is 12.1 Å². The molecule has 0 aliphatic carbocycles. The number of ether oxygens (including phenoxy) is 3. The molecular weight excluding hydrogens is 484 g/mol. The number of carbonyl (C=O) groups is 2. The number of amides is 1. The normalized spacial score (nSPS) is 17.5. The minimum absolute atomic E-state index is 0.103. The Kier molecular flexibility index (Phi) is 9.73. The fourth-order valence-corrected chi connectivity index (χ4v) is 4.33. The van der Waals surface area contributed by atoms with Crippen molar-refractivity contribution >= 4 is 12.1 Å². The monoisotopic (exact) mass is 514 g/mol. The number of azide groups is 1. The molecule has 9 heteroatoms. The van der Waals surface area contributed by atoms with Crippen molar-refractivity contribution in [1.29, 1.82) is 0 Å². The topological polar surface area (TPSA) is 114 Å². The molecule has 2 unspecified atom stereocenters. The molecule has 9 nitrogen and oxygen atoms in total. The van der Waals surface area contributed by atoms with Crippen LogP contribution in [-0.4, -0.2) is 41.8 Å². The van der Waals surface area contributed by atoms with Crippen molar-refractivity contribution in [2.24, 2.45) is 5.11 Å². The molecule has 0 saturated carbocycles. The SMILES string of the molecule is [N-]=[N+]=NC1CCC([C@@H](COCc2ccccc2)N(Cc2ccccc2)C(=O)OCc2ccccc2)OC1=O. The molecule has 1 fully saturated rings. The Morgan fingerprint density at radius 1 is 0.921 bits per heavy atom. The number of rotatable bonds is 11. The Labute approximate surface area is 221 Å². The van der Waals surface area contributed by atoms with Crippen LogP contribution >= 0.6 is 0 Å². The van der Waals surface area contributed by atoms with E-state index in [-0.39, 0.29) is 19.8 Å². The average Bonchev–Trinajstić information content (AvgIpc) is 2.96. The van der Waals surface area contributed by atoms with Gasteiger partial charge in [-0.05, 0) is 35.1 Å². The van der Waals surface area contributed by atoms with Crippen LogP contribution in [0.15, 0.2) is 96.1 Å². The quantitative estimate of drug-likeness (QED) is 0.139. The molecule has 3 atom stereocenters. The van der Waals surface area contributed by atoms with Crippen molar-refractivity contribution in [3.05, 3.63) is 118 Å². The molecule has 3 aromatic carbocycles. The molecule has 0 radical (unpaired) electrons. The molecule has 0 spiro atoms. The number of hydrogen-bond acceptors (Lipinski definition) is 6. The van der Waals surface area contributed by atoms with Crippen LogP contribution < -0.4 is 0 Å². The second kappa shape index (κ2) is 13.8. The van der Waals surface area contributed by atoms with Gasteiger partial charge in [0.2, 0.25) is 0 Å². The molecule has 0 bridgehead atoms. The average molecular weight is 515 g/mol. The third-order valence-electron chi connectivity index (χ3n) is 6.32. The Bertz CT molecular complexity index is 1220. The first kappa shape index (κ1) is 26.7. The minimum Gasteiger partial charge on any atom is -0.460 e. The van der Waals surface area contributed by atoms with E-state index in [0.717, 1.165) is 16.7 Å². The zero-order valence-electron chi connectivity index (χ0n) is 21.0. The van der Waals surface area contributed by atoms with Crippen LogP contribution in [-0.2, 0) is 38.8 Å². The summed E-state index contributed by atoms with van der Waals surface area (Å²) >= 11 is 0. The number of carbonyl (C=O) groups excluding carboxylic acids is 2. The molecule has 1 saturated heterocycles. The lowest BCUT2D eigenvalue weighted by Crippen LogP contribution is -2.53. The van der Waals surface area contributed by atoms with E-state index in [1.165, 1.54) is 0 Å². The molecule has 38 heavy (non-hydrogen) atoms. The molecule has 0 aromatic heterocycles. The van der Waals surface area contributed by atoms with Crippen molar-refractivity contribution in [3.8, 4) is 0 Å². The van der Waals surface area contributed by atoms with E-state index in [1.807, 2.05) is 91.0 Å². The van der Waals surface area contributed by atoms with Crippen molar-refractivity contribution in [2.75, 3.05) is 6.61 Å². The van der Waals surface area contributed by atoms with Gasteiger partial charge in [-0.1, -0.05) is 96.1 Å². The van der Waals surface area contributed by atoms with Crippen LogP contribution in [0.1, 0.15) is 29.5 Å². The van der Waals surface area contributed by atoms with E-state index in [9.17, 15) is 9.59 Å². The fraction of sp³-hybridized carbons (Fsp3) is 0.310. The first-order valence-corrected chi connectivity index (χ1v) is 12.5. The van der Waals surface area contributed by atoms with Crippen molar-refractivity contribution in [2.45, 2.75) is 50.8 Å². The van der Waals surface area contributed by atoms with E-state index in [4.69, 9.17) is 19.7 Å².